The van der Waals surface area contributed by atoms with Gasteiger partial charge in [-0.2, -0.15) is 0 Å². The Morgan fingerprint density at radius 2 is 2.50 bits per heavy atom. The zero-order chi connectivity index (χ0) is 7.56. The average Bonchev–Trinajstić information content (AvgIpc) is 2.34. The van der Waals surface area contributed by atoms with Gasteiger partial charge in [-0.05, 0) is 11.4 Å². The Hall–Kier alpha value is -0.700. The fraction of sp³-hybridized carbons (Fsp3) is 0.286. The van der Waals surface area contributed by atoms with Crippen LogP contribution in [0.3, 0.4) is 0 Å². The zero-order valence-corrected chi connectivity index (χ0v) is 6.37. The van der Waals surface area contributed by atoms with Gasteiger partial charge in [-0.1, -0.05) is 6.92 Å². The highest BCUT2D eigenvalue weighted by Gasteiger charge is 2.09. The second-order valence-corrected chi connectivity index (χ2v) is 2.79. The molecule has 10 heavy (non-hydrogen) atoms. The standard InChI is InChI=1S/C7H7FOS/c1-2-6(9)7-5(8)3-4-10-7/h3-4H,2H2,1H3. The first-order chi connectivity index (χ1) is 4.75. The van der Waals surface area contributed by atoms with E-state index in [9.17, 15) is 9.18 Å². The summed E-state index contributed by atoms with van der Waals surface area (Å²) < 4.78 is 12.6. The van der Waals surface area contributed by atoms with Gasteiger partial charge in [0.2, 0.25) is 0 Å². The molecule has 0 aliphatic carbocycles. The largest absolute Gasteiger partial charge is 0.293 e. The predicted molar refractivity (Wildman–Crippen MR) is 38.9 cm³/mol. The fourth-order valence-corrected chi connectivity index (χ4v) is 1.43. The molecule has 0 aromatic carbocycles. The van der Waals surface area contributed by atoms with Gasteiger partial charge in [0.05, 0.1) is 0 Å². The van der Waals surface area contributed by atoms with Crippen molar-refractivity contribution in [1.29, 1.82) is 0 Å². The number of hydrogen-bond donors (Lipinski definition) is 0. The van der Waals surface area contributed by atoms with Crippen LogP contribution in [0.1, 0.15) is 23.0 Å². The van der Waals surface area contributed by atoms with Crippen LogP contribution in [0.25, 0.3) is 0 Å². The lowest BCUT2D eigenvalue weighted by atomic mass is 10.2. The lowest BCUT2D eigenvalue weighted by Crippen LogP contribution is -1.94. The minimum atomic E-state index is -0.392. The number of carbonyl (C=O) groups excluding carboxylic acids is 1. The first-order valence-corrected chi connectivity index (χ1v) is 3.90. The van der Waals surface area contributed by atoms with Crippen LogP contribution >= 0.6 is 11.3 Å². The number of ketones is 1. The summed E-state index contributed by atoms with van der Waals surface area (Å²) in [6, 6.07) is 1.31. The second kappa shape index (κ2) is 2.92. The molecule has 0 aliphatic heterocycles. The molecule has 0 amide bonds. The Morgan fingerprint density at radius 3 is 2.90 bits per heavy atom. The Balaban J connectivity index is 2.93. The monoisotopic (exact) mass is 158 g/mol. The van der Waals surface area contributed by atoms with E-state index >= 15 is 0 Å². The van der Waals surface area contributed by atoms with E-state index in [2.05, 4.69) is 0 Å². The molecule has 1 rings (SSSR count). The van der Waals surface area contributed by atoms with E-state index < -0.39 is 5.82 Å². The molecule has 1 aromatic heterocycles. The Morgan fingerprint density at radius 1 is 1.80 bits per heavy atom. The van der Waals surface area contributed by atoms with Gasteiger partial charge in [0.25, 0.3) is 0 Å². The molecule has 3 heteroatoms. The van der Waals surface area contributed by atoms with Crippen molar-refractivity contribution in [2.75, 3.05) is 0 Å². The van der Waals surface area contributed by atoms with Gasteiger partial charge in [-0.3, -0.25) is 4.79 Å². The third-order valence-electron chi connectivity index (χ3n) is 1.19. The van der Waals surface area contributed by atoms with Gasteiger partial charge in [0, 0.05) is 6.42 Å². The van der Waals surface area contributed by atoms with E-state index in [4.69, 9.17) is 0 Å². The van der Waals surface area contributed by atoms with Crippen molar-refractivity contribution in [2.45, 2.75) is 13.3 Å². The Kier molecular flexibility index (Phi) is 2.17. The molecular formula is C7H7FOS. The highest BCUT2D eigenvalue weighted by molar-refractivity contribution is 7.12. The zero-order valence-electron chi connectivity index (χ0n) is 5.56. The van der Waals surface area contributed by atoms with Gasteiger partial charge in [-0.25, -0.2) is 4.39 Å². The maximum absolute atomic E-state index is 12.6. The van der Waals surface area contributed by atoms with E-state index in [0.717, 1.165) is 11.3 Å². The molecule has 0 spiro atoms. The van der Waals surface area contributed by atoms with Crippen LogP contribution in [0.5, 0.6) is 0 Å². The first-order valence-electron chi connectivity index (χ1n) is 3.02. The Bertz CT molecular complexity index is 242. The molecule has 0 N–H and O–H groups in total. The molecule has 0 atom stereocenters. The molecule has 1 aromatic rings. The molecule has 1 nitrogen and oxygen atoms in total. The molecule has 0 saturated carbocycles. The van der Waals surface area contributed by atoms with Crippen molar-refractivity contribution in [2.24, 2.45) is 0 Å². The van der Waals surface area contributed by atoms with Gasteiger partial charge in [-0.15, -0.1) is 11.3 Å². The number of carbonyl (C=O) groups is 1. The van der Waals surface area contributed by atoms with Crippen molar-refractivity contribution < 1.29 is 9.18 Å². The van der Waals surface area contributed by atoms with Crippen LogP contribution in [-0.2, 0) is 0 Å². The van der Waals surface area contributed by atoms with E-state index in [1.165, 1.54) is 6.07 Å². The lowest BCUT2D eigenvalue weighted by molar-refractivity contribution is 0.0988. The fourth-order valence-electron chi connectivity index (χ4n) is 0.653. The topological polar surface area (TPSA) is 17.1 Å². The second-order valence-electron chi connectivity index (χ2n) is 1.87. The number of Topliss-reactive ketones (excluding diaryl/α,β-unsaturated/α-hetero) is 1. The van der Waals surface area contributed by atoms with E-state index in [1.807, 2.05) is 0 Å². The van der Waals surface area contributed by atoms with Crippen molar-refractivity contribution in [3.8, 4) is 0 Å². The number of thiophene rings is 1. The summed E-state index contributed by atoms with van der Waals surface area (Å²) in [7, 11) is 0. The minimum Gasteiger partial charge on any atom is -0.293 e. The van der Waals surface area contributed by atoms with Gasteiger partial charge >= 0.3 is 0 Å². The highest BCUT2D eigenvalue weighted by Crippen LogP contribution is 2.16. The van der Waals surface area contributed by atoms with Crippen molar-refractivity contribution in [3.63, 3.8) is 0 Å². The molecule has 0 unspecified atom stereocenters. The van der Waals surface area contributed by atoms with Crippen molar-refractivity contribution in [1.82, 2.24) is 0 Å². The molecule has 1 heterocycles. The average molecular weight is 158 g/mol. The molecule has 0 fully saturated rings. The van der Waals surface area contributed by atoms with Crippen LogP contribution < -0.4 is 0 Å². The van der Waals surface area contributed by atoms with Gasteiger partial charge in [0.15, 0.2) is 5.78 Å². The summed E-state index contributed by atoms with van der Waals surface area (Å²) >= 11 is 1.16. The van der Waals surface area contributed by atoms with E-state index in [-0.39, 0.29) is 10.7 Å². The van der Waals surface area contributed by atoms with Crippen LogP contribution in [0.15, 0.2) is 11.4 Å². The number of hydrogen-bond acceptors (Lipinski definition) is 2. The minimum absolute atomic E-state index is 0.118. The number of halogens is 1. The summed E-state index contributed by atoms with van der Waals surface area (Å²) in [6.45, 7) is 1.72. The van der Waals surface area contributed by atoms with Gasteiger partial charge in [0.1, 0.15) is 10.7 Å². The molecule has 54 valence electrons. The van der Waals surface area contributed by atoms with Crippen molar-refractivity contribution in [3.05, 3.63) is 22.1 Å². The summed E-state index contributed by atoms with van der Waals surface area (Å²) in [5.74, 6) is -0.510. The Labute approximate surface area is 62.5 Å². The van der Waals surface area contributed by atoms with E-state index in [1.54, 1.807) is 12.3 Å². The summed E-state index contributed by atoms with van der Waals surface area (Å²) in [5, 5.41) is 1.58. The first kappa shape index (κ1) is 7.41. The lowest BCUT2D eigenvalue weighted by Gasteiger charge is -1.89. The predicted octanol–water partition coefficient (Wildman–Crippen LogP) is 2.48. The quantitative estimate of drug-likeness (QED) is 0.604. The molecule has 0 bridgehead atoms. The molecular weight excluding hydrogens is 151 g/mol. The van der Waals surface area contributed by atoms with Crippen molar-refractivity contribution >= 4 is 17.1 Å². The summed E-state index contributed by atoms with van der Waals surface area (Å²) in [5.41, 5.74) is 0. The summed E-state index contributed by atoms with van der Waals surface area (Å²) in [6.07, 6.45) is 0.372. The van der Waals surface area contributed by atoms with Crippen LogP contribution in [0, 0.1) is 5.82 Å². The smallest absolute Gasteiger partial charge is 0.175 e. The maximum atomic E-state index is 12.6. The molecule has 0 aliphatic rings. The van der Waals surface area contributed by atoms with E-state index in [0.29, 0.717) is 6.42 Å². The van der Waals surface area contributed by atoms with Crippen LogP contribution in [0.4, 0.5) is 4.39 Å². The highest BCUT2D eigenvalue weighted by atomic mass is 32.1. The third-order valence-corrected chi connectivity index (χ3v) is 2.12. The van der Waals surface area contributed by atoms with Crippen LogP contribution in [-0.4, -0.2) is 5.78 Å². The SMILES string of the molecule is CCC(=O)c1sccc1F. The summed E-state index contributed by atoms with van der Waals surface area (Å²) in [4.78, 5) is 11.1. The van der Waals surface area contributed by atoms with Crippen LogP contribution in [0.2, 0.25) is 0 Å². The third kappa shape index (κ3) is 1.24. The normalized spacial score (nSPS) is 9.80. The van der Waals surface area contributed by atoms with Gasteiger partial charge < -0.3 is 0 Å². The molecule has 0 radical (unpaired) electrons. The number of rotatable bonds is 2. The molecule has 0 saturated heterocycles. The maximum Gasteiger partial charge on any atom is 0.175 e.